The standard InChI is InChI=1S/C21H26N2O4/c1-21(2,3)26-20(24)23-11-4-5-17(23)19-16-7-6-15(18-8-10-22-27-18)13-14(16)9-12-25-19/h6-8,10,13,17,19H,4-5,9,11-12H2,1-3H3/t17?,19-/m0/s1. The molecule has 0 radical (unpaired) electrons. The van der Waals surface area contributed by atoms with E-state index in [1.807, 2.05) is 37.8 Å². The topological polar surface area (TPSA) is 64.8 Å². The van der Waals surface area contributed by atoms with Gasteiger partial charge in [-0.1, -0.05) is 17.3 Å². The second kappa shape index (κ2) is 7.00. The van der Waals surface area contributed by atoms with E-state index in [1.54, 1.807) is 6.20 Å². The van der Waals surface area contributed by atoms with Gasteiger partial charge in [0.15, 0.2) is 5.76 Å². The highest BCUT2D eigenvalue weighted by atomic mass is 16.6. The maximum absolute atomic E-state index is 12.7. The summed E-state index contributed by atoms with van der Waals surface area (Å²) in [6.07, 6.45) is 4.03. The van der Waals surface area contributed by atoms with Gasteiger partial charge >= 0.3 is 6.09 Å². The summed E-state index contributed by atoms with van der Waals surface area (Å²) in [6.45, 7) is 7.05. The van der Waals surface area contributed by atoms with Gasteiger partial charge in [0, 0.05) is 18.2 Å². The minimum Gasteiger partial charge on any atom is -0.444 e. The highest BCUT2D eigenvalue weighted by Crippen LogP contribution is 2.38. The quantitative estimate of drug-likeness (QED) is 0.786. The maximum Gasteiger partial charge on any atom is 0.410 e. The van der Waals surface area contributed by atoms with Gasteiger partial charge in [-0.2, -0.15) is 0 Å². The van der Waals surface area contributed by atoms with Crippen LogP contribution in [0.15, 0.2) is 35.0 Å². The number of fused-ring (bicyclic) bond motifs is 1. The fourth-order valence-electron chi connectivity index (χ4n) is 3.98. The summed E-state index contributed by atoms with van der Waals surface area (Å²) >= 11 is 0. The number of hydrogen-bond acceptors (Lipinski definition) is 5. The van der Waals surface area contributed by atoms with Crippen molar-refractivity contribution >= 4 is 6.09 Å². The highest BCUT2D eigenvalue weighted by molar-refractivity contribution is 5.69. The Hall–Kier alpha value is -2.34. The van der Waals surface area contributed by atoms with E-state index in [4.69, 9.17) is 14.0 Å². The SMILES string of the molecule is CC(C)(C)OC(=O)N1CCCC1[C@H]1OCCc2cc(-c3ccno3)ccc21. The summed E-state index contributed by atoms with van der Waals surface area (Å²) < 4.78 is 17.0. The summed E-state index contributed by atoms with van der Waals surface area (Å²) in [4.78, 5) is 14.5. The first-order valence-corrected chi connectivity index (χ1v) is 9.57. The Kier molecular flexibility index (Phi) is 4.68. The number of amides is 1. The van der Waals surface area contributed by atoms with Crippen molar-refractivity contribution in [2.45, 2.75) is 57.8 Å². The second-order valence-electron chi connectivity index (χ2n) is 8.21. The lowest BCUT2D eigenvalue weighted by molar-refractivity contribution is -0.0265. The fourth-order valence-corrected chi connectivity index (χ4v) is 3.98. The monoisotopic (exact) mass is 370 g/mol. The van der Waals surface area contributed by atoms with Crippen molar-refractivity contribution in [3.05, 3.63) is 41.6 Å². The number of nitrogens with zero attached hydrogens (tertiary/aromatic N) is 2. The molecule has 1 aromatic heterocycles. The third-order valence-corrected chi connectivity index (χ3v) is 5.12. The predicted molar refractivity (Wildman–Crippen MR) is 100 cm³/mol. The molecule has 2 aliphatic rings. The lowest BCUT2D eigenvalue weighted by atomic mass is 9.90. The molecule has 2 atom stereocenters. The lowest BCUT2D eigenvalue weighted by Gasteiger charge is -2.36. The van der Waals surface area contributed by atoms with Crippen LogP contribution in [-0.2, 0) is 15.9 Å². The van der Waals surface area contributed by atoms with Gasteiger partial charge in [-0.25, -0.2) is 4.79 Å². The van der Waals surface area contributed by atoms with E-state index in [1.165, 1.54) is 5.56 Å². The van der Waals surface area contributed by atoms with Gasteiger partial charge in [0.05, 0.1) is 18.8 Å². The van der Waals surface area contributed by atoms with E-state index < -0.39 is 5.60 Å². The van der Waals surface area contributed by atoms with Crippen molar-refractivity contribution < 1.29 is 18.8 Å². The predicted octanol–water partition coefficient (Wildman–Crippen LogP) is 4.35. The molecule has 144 valence electrons. The van der Waals surface area contributed by atoms with Gasteiger partial charge in [0.2, 0.25) is 0 Å². The van der Waals surface area contributed by atoms with Crippen LogP contribution < -0.4 is 0 Å². The van der Waals surface area contributed by atoms with E-state index in [-0.39, 0.29) is 18.2 Å². The first-order chi connectivity index (χ1) is 12.9. The average molecular weight is 370 g/mol. The van der Waals surface area contributed by atoms with Crippen LogP contribution in [0.4, 0.5) is 4.79 Å². The van der Waals surface area contributed by atoms with E-state index in [0.717, 1.165) is 36.1 Å². The summed E-state index contributed by atoms with van der Waals surface area (Å²) in [5.41, 5.74) is 2.92. The molecule has 6 nitrogen and oxygen atoms in total. The molecule has 1 saturated heterocycles. The Morgan fingerprint density at radius 2 is 2.15 bits per heavy atom. The van der Waals surface area contributed by atoms with Gasteiger partial charge in [-0.15, -0.1) is 0 Å². The highest BCUT2D eigenvalue weighted by Gasteiger charge is 2.40. The molecule has 2 aromatic rings. The minimum absolute atomic E-state index is 0.00929. The summed E-state index contributed by atoms with van der Waals surface area (Å²) in [5.74, 6) is 0.761. The zero-order chi connectivity index (χ0) is 19.0. The van der Waals surface area contributed by atoms with E-state index in [0.29, 0.717) is 13.2 Å². The minimum atomic E-state index is -0.498. The first kappa shape index (κ1) is 18.0. The van der Waals surface area contributed by atoms with Crippen molar-refractivity contribution in [3.8, 4) is 11.3 Å². The Morgan fingerprint density at radius 1 is 1.30 bits per heavy atom. The normalized spacial score (nSPS) is 22.6. The smallest absolute Gasteiger partial charge is 0.410 e. The van der Waals surface area contributed by atoms with E-state index in [2.05, 4.69) is 17.3 Å². The number of carbonyl (C=O) groups is 1. The second-order valence-corrected chi connectivity index (χ2v) is 8.21. The third kappa shape index (κ3) is 3.72. The number of hydrogen-bond donors (Lipinski definition) is 0. The zero-order valence-electron chi connectivity index (χ0n) is 16.1. The molecule has 0 saturated carbocycles. The molecule has 3 heterocycles. The molecule has 2 aliphatic heterocycles. The van der Waals surface area contributed by atoms with Gasteiger partial charge in [0.1, 0.15) is 11.7 Å². The molecule has 1 fully saturated rings. The van der Waals surface area contributed by atoms with Crippen LogP contribution >= 0.6 is 0 Å². The largest absolute Gasteiger partial charge is 0.444 e. The van der Waals surface area contributed by atoms with Crippen LogP contribution in [0.1, 0.15) is 50.8 Å². The van der Waals surface area contributed by atoms with Crippen molar-refractivity contribution in [2.24, 2.45) is 0 Å². The molecule has 27 heavy (non-hydrogen) atoms. The molecule has 0 bridgehead atoms. The first-order valence-electron chi connectivity index (χ1n) is 9.57. The number of likely N-dealkylation sites (tertiary alicyclic amines) is 1. The Balaban J connectivity index is 1.59. The van der Waals surface area contributed by atoms with Gasteiger partial charge in [-0.05, 0) is 57.2 Å². The molecule has 1 aromatic carbocycles. The third-order valence-electron chi connectivity index (χ3n) is 5.12. The van der Waals surface area contributed by atoms with Crippen molar-refractivity contribution in [1.29, 1.82) is 0 Å². The molecular weight excluding hydrogens is 344 g/mol. The van der Waals surface area contributed by atoms with E-state index in [9.17, 15) is 4.79 Å². The molecule has 1 unspecified atom stereocenters. The summed E-state index contributed by atoms with van der Waals surface area (Å²) in [7, 11) is 0. The molecule has 0 spiro atoms. The Labute approximate surface area is 159 Å². The van der Waals surface area contributed by atoms with Crippen LogP contribution in [0.5, 0.6) is 0 Å². The van der Waals surface area contributed by atoms with Crippen molar-refractivity contribution in [2.75, 3.05) is 13.2 Å². The van der Waals surface area contributed by atoms with Crippen molar-refractivity contribution in [1.82, 2.24) is 10.1 Å². The lowest BCUT2D eigenvalue weighted by Crippen LogP contribution is -2.43. The van der Waals surface area contributed by atoms with Crippen LogP contribution in [0.3, 0.4) is 0 Å². The molecule has 6 heteroatoms. The van der Waals surface area contributed by atoms with Crippen LogP contribution in [0.25, 0.3) is 11.3 Å². The molecule has 4 rings (SSSR count). The average Bonchev–Trinajstić information content (AvgIpc) is 3.31. The van der Waals surface area contributed by atoms with Crippen LogP contribution in [0, 0.1) is 0 Å². The maximum atomic E-state index is 12.7. The van der Waals surface area contributed by atoms with Crippen LogP contribution in [0.2, 0.25) is 0 Å². The Morgan fingerprint density at radius 3 is 2.89 bits per heavy atom. The number of carbonyl (C=O) groups excluding carboxylic acids is 1. The van der Waals surface area contributed by atoms with Gasteiger partial charge in [0.25, 0.3) is 0 Å². The van der Waals surface area contributed by atoms with Gasteiger partial charge < -0.3 is 18.9 Å². The number of ether oxygens (including phenoxy) is 2. The number of rotatable bonds is 2. The van der Waals surface area contributed by atoms with Gasteiger partial charge in [-0.3, -0.25) is 0 Å². The van der Waals surface area contributed by atoms with E-state index >= 15 is 0 Å². The number of benzene rings is 1. The molecular formula is C21H26N2O4. The van der Waals surface area contributed by atoms with Crippen LogP contribution in [-0.4, -0.2) is 40.9 Å². The summed E-state index contributed by atoms with van der Waals surface area (Å²) in [6, 6.07) is 8.16. The number of aromatic nitrogens is 1. The van der Waals surface area contributed by atoms with Crippen molar-refractivity contribution in [3.63, 3.8) is 0 Å². The zero-order valence-corrected chi connectivity index (χ0v) is 16.1. The summed E-state index contributed by atoms with van der Waals surface area (Å²) in [5, 5.41) is 3.79. The fraction of sp³-hybridized carbons (Fsp3) is 0.524. The molecule has 0 N–H and O–H groups in total. The molecule has 1 amide bonds. The Bertz CT molecular complexity index is 810. The molecule has 0 aliphatic carbocycles.